The average molecular weight is 203 g/mol. The average Bonchev–Trinajstić information content (AvgIpc) is 2.26. The maximum absolute atomic E-state index is 4.35. The van der Waals surface area contributed by atoms with Crippen LogP contribution in [-0.2, 0) is 0 Å². The normalized spacial score (nSPS) is 13.7. The van der Waals surface area contributed by atoms with Crippen LogP contribution in [0.2, 0.25) is 0 Å². The molecule has 0 fully saturated rings. The van der Waals surface area contributed by atoms with Crippen LogP contribution in [0.4, 0.5) is 5.82 Å². The number of hydrogen-bond donors (Lipinski definition) is 1. The first kappa shape index (κ1) is 7.69. The van der Waals surface area contributed by atoms with Crippen LogP contribution in [-0.4, -0.2) is 19.9 Å². The van der Waals surface area contributed by atoms with E-state index < -0.39 is 0 Å². The Morgan fingerprint density at radius 3 is 3.29 bits per heavy atom. The highest BCUT2D eigenvalue weighted by Gasteiger charge is 2.09. The van der Waals surface area contributed by atoms with E-state index in [0.717, 1.165) is 11.5 Å². The molecule has 0 saturated heterocycles. The zero-order valence-corrected chi connectivity index (χ0v) is 7.82. The third-order valence-electron chi connectivity index (χ3n) is 1.82. The van der Waals surface area contributed by atoms with Crippen LogP contribution in [0.15, 0.2) is 17.9 Å². The van der Waals surface area contributed by atoms with Gasteiger partial charge in [0.05, 0.1) is 6.20 Å². The second-order valence-electron chi connectivity index (χ2n) is 2.71. The third kappa shape index (κ3) is 1.12. The number of fused-ring (bicyclic) bond motifs is 2. The Morgan fingerprint density at radius 2 is 2.29 bits per heavy atom. The van der Waals surface area contributed by atoms with Crippen LogP contribution in [0.3, 0.4) is 0 Å². The van der Waals surface area contributed by atoms with Crippen LogP contribution in [0, 0.1) is 0 Å². The van der Waals surface area contributed by atoms with Gasteiger partial charge >= 0.3 is 0 Å². The smallest absolute Gasteiger partial charge is 0.182 e. The van der Waals surface area contributed by atoms with Crippen molar-refractivity contribution in [2.75, 3.05) is 4.72 Å². The van der Waals surface area contributed by atoms with Gasteiger partial charge in [-0.15, -0.1) is 0 Å². The Kier molecular flexibility index (Phi) is 1.60. The number of hydrogen-bond acceptors (Lipinski definition) is 6. The quantitative estimate of drug-likeness (QED) is 0.654. The van der Waals surface area contributed by atoms with Crippen molar-refractivity contribution in [3.8, 4) is 0 Å². The lowest BCUT2D eigenvalue weighted by Gasteiger charge is -2.09. The fourth-order valence-electron chi connectivity index (χ4n) is 1.21. The number of anilines is 1. The highest BCUT2D eigenvalue weighted by molar-refractivity contribution is 8.03. The van der Waals surface area contributed by atoms with Gasteiger partial charge in [-0.1, -0.05) is 0 Å². The minimum absolute atomic E-state index is 0.622. The molecule has 0 bridgehead atoms. The van der Waals surface area contributed by atoms with E-state index >= 15 is 0 Å². The molecule has 1 aliphatic heterocycles. The van der Waals surface area contributed by atoms with E-state index in [4.69, 9.17) is 0 Å². The summed E-state index contributed by atoms with van der Waals surface area (Å²) in [6.45, 7) is 0. The van der Waals surface area contributed by atoms with E-state index in [0.29, 0.717) is 11.2 Å². The lowest BCUT2D eigenvalue weighted by Crippen LogP contribution is -2.01. The summed E-state index contributed by atoms with van der Waals surface area (Å²) in [6.07, 6.45) is 5.03. The predicted octanol–water partition coefficient (Wildman–Crippen LogP) is 1.46. The van der Waals surface area contributed by atoms with Crippen molar-refractivity contribution in [1.82, 2.24) is 19.9 Å². The van der Waals surface area contributed by atoms with Crippen molar-refractivity contribution in [2.45, 2.75) is 0 Å². The minimum Gasteiger partial charge on any atom is -0.309 e. The summed E-state index contributed by atoms with van der Waals surface area (Å²) in [5.41, 5.74) is 2.14. The topological polar surface area (TPSA) is 63.6 Å². The summed E-state index contributed by atoms with van der Waals surface area (Å²) in [5, 5.41) is 1.92. The molecule has 2 aromatic heterocycles. The fourth-order valence-corrected chi connectivity index (χ4v) is 1.73. The van der Waals surface area contributed by atoms with Gasteiger partial charge in [-0.2, -0.15) is 0 Å². The van der Waals surface area contributed by atoms with Crippen molar-refractivity contribution in [3.63, 3.8) is 0 Å². The lowest BCUT2D eigenvalue weighted by molar-refractivity contribution is 1.14. The van der Waals surface area contributed by atoms with E-state index in [1.807, 2.05) is 11.5 Å². The summed E-state index contributed by atoms with van der Waals surface area (Å²) >= 11 is 1.47. The van der Waals surface area contributed by atoms with Gasteiger partial charge < -0.3 is 4.72 Å². The van der Waals surface area contributed by atoms with Gasteiger partial charge in [0.2, 0.25) is 0 Å². The van der Waals surface area contributed by atoms with Gasteiger partial charge in [-0.25, -0.2) is 19.9 Å². The second-order valence-corrected chi connectivity index (χ2v) is 3.42. The van der Waals surface area contributed by atoms with Crippen LogP contribution in [0.5, 0.6) is 0 Å². The highest BCUT2D eigenvalue weighted by Crippen LogP contribution is 2.24. The molecule has 3 rings (SSSR count). The molecule has 1 aliphatic rings. The molecule has 1 N–H and O–H groups in total. The Bertz CT molecular complexity index is 524. The lowest BCUT2D eigenvalue weighted by atomic mass is 10.4. The van der Waals surface area contributed by atoms with Crippen molar-refractivity contribution in [1.29, 1.82) is 0 Å². The Labute approximate surface area is 83.8 Å². The zero-order valence-electron chi connectivity index (χ0n) is 7.01. The Morgan fingerprint density at radius 1 is 1.29 bits per heavy atom. The molecule has 14 heavy (non-hydrogen) atoms. The summed E-state index contributed by atoms with van der Waals surface area (Å²) in [5.74, 6) is 0.764. The number of nitrogens with one attached hydrogen (secondary N) is 1. The SMILES string of the molecule is C1=Cc2nc3ncncc3nc2NS1. The summed E-state index contributed by atoms with van der Waals surface area (Å²) in [4.78, 5) is 16.6. The van der Waals surface area contributed by atoms with Gasteiger partial charge in [0.1, 0.15) is 17.5 Å². The first-order valence-corrected chi connectivity index (χ1v) is 4.87. The highest BCUT2D eigenvalue weighted by atomic mass is 32.2. The summed E-state index contributed by atoms with van der Waals surface area (Å²) in [7, 11) is 0. The van der Waals surface area contributed by atoms with Crippen molar-refractivity contribution >= 4 is 35.0 Å². The van der Waals surface area contributed by atoms with Crippen LogP contribution in [0.25, 0.3) is 17.2 Å². The van der Waals surface area contributed by atoms with E-state index in [1.165, 1.54) is 18.3 Å². The van der Waals surface area contributed by atoms with E-state index in [1.54, 1.807) is 6.20 Å². The first-order valence-electron chi connectivity index (χ1n) is 3.99. The minimum atomic E-state index is 0.622. The van der Waals surface area contributed by atoms with E-state index in [9.17, 15) is 0 Å². The number of aromatic nitrogens is 4. The van der Waals surface area contributed by atoms with Gasteiger partial charge in [0, 0.05) is 0 Å². The molecule has 0 radical (unpaired) electrons. The third-order valence-corrected chi connectivity index (χ3v) is 2.41. The van der Waals surface area contributed by atoms with Crippen LogP contribution in [0.1, 0.15) is 5.69 Å². The molecule has 0 unspecified atom stereocenters. The van der Waals surface area contributed by atoms with Gasteiger partial charge in [0.15, 0.2) is 11.5 Å². The molecule has 0 spiro atoms. The standard InChI is InChI=1S/C8H5N5S/c1-2-14-13-8-5(1)11-7-6(12-8)3-9-4-10-7/h1-4H,(H,12,13). The molecule has 2 aromatic rings. The monoisotopic (exact) mass is 203 g/mol. The van der Waals surface area contributed by atoms with Gasteiger partial charge in [-0.05, 0) is 23.4 Å². The molecular weight excluding hydrogens is 198 g/mol. The van der Waals surface area contributed by atoms with Gasteiger partial charge in [-0.3, -0.25) is 0 Å². The largest absolute Gasteiger partial charge is 0.309 e. The molecule has 5 nitrogen and oxygen atoms in total. The Hall–Kier alpha value is -1.69. The molecule has 6 heteroatoms. The molecule has 3 heterocycles. The second kappa shape index (κ2) is 2.91. The predicted molar refractivity (Wildman–Crippen MR) is 55.4 cm³/mol. The number of nitrogens with zero attached hydrogens (tertiary/aromatic N) is 4. The van der Waals surface area contributed by atoms with E-state index in [-0.39, 0.29) is 0 Å². The molecular formula is C8H5N5S. The molecule has 0 saturated carbocycles. The zero-order chi connectivity index (χ0) is 9.38. The van der Waals surface area contributed by atoms with Gasteiger partial charge in [0.25, 0.3) is 0 Å². The molecule has 0 amide bonds. The van der Waals surface area contributed by atoms with E-state index in [2.05, 4.69) is 24.7 Å². The van der Waals surface area contributed by atoms with Crippen LogP contribution >= 0.6 is 11.9 Å². The fraction of sp³-hybridized carbons (Fsp3) is 0. The maximum atomic E-state index is 4.35. The molecule has 68 valence electrons. The molecule has 0 aromatic carbocycles. The van der Waals surface area contributed by atoms with Crippen molar-refractivity contribution in [3.05, 3.63) is 23.6 Å². The van der Waals surface area contributed by atoms with Crippen molar-refractivity contribution in [2.24, 2.45) is 0 Å². The number of rotatable bonds is 0. The summed E-state index contributed by atoms with van der Waals surface area (Å²) in [6, 6.07) is 0. The van der Waals surface area contributed by atoms with Crippen LogP contribution < -0.4 is 4.72 Å². The Balaban J connectivity index is 2.34. The summed E-state index contributed by atoms with van der Waals surface area (Å²) < 4.78 is 3.06. The van der Waals surface area contributed by atoms with Crippen molar-refractivity contribution < 1.29 is 0 Å². The molecule has 0 atom stereocenters. The molecule has 0 aliphatic carbocycles. The maximum Gasteiger partial charge on any atom is 0.182 e. The first-order chi connectivity index (χ1) is 6.93.